The highest BCUT2D eigenvalue weighted by molar-refractivity contribution is 5.97. The highest BCUT2D eigenvalue weighted by Crippen LogP contribution is 2.18. The Labute approximate surface area is 169 Å². The molecule has 0 spiro atoms. The Balaban J connectivity index is 0.00000131. The van der Waals surface area contributed by atoms with Gasteiger partial charge in [-0.1, -0.05) is 24.3 Å². The maximum Gasteiger partial charge on any atom is 0.251 e. The van der Waals surface area contributed by atoms with Crippen LogP contribution in [0.2, 0.25) is 0 Å². The summed E-state index contributed by atoms with van der Waals surface area (Å²) >= 11 is 0. The van der Waals surface area contributed by atoms with Crippen LogP contribution in [-0.4, -0.2) is 39.9 Å². The van der Waals surface area contributed by atoms with Gasteiger partial charge in [0.1, 0.15) is 0 Å². The van der Waals surface area contributed by atoms with Crippen LogP contribution >= 0.6 is 24.8 Å². The fourth-order valence-corrected chi connectivity index (χ4v) is 3.28. The van der Waals surface area contributed by atoms with E-state index < -0.39 is 6.10 Å². The van der Waals surface area contributed by atoms with Gasteiger partial charge < -0.3 is 15.7 Å². The van der Waals surface area contributed by atoms with Gasteiger partial charge in [0, 0.05) is 30.1 Å². The lowest BCUT2D eigenvalue weighted by Gasteiger charge is -2.30. The second-order valence-corrected chi connectivity index (χ2v) is 6.41. The molecule has 0 bridgehead atoms. The number of hydrogen-bond acceptors (Lipinski definition) is 4. The van der Waals surface area contributed by atoms with E-state index in [-0.39, 0.29) is 43.3 Å². The van der Waals surface area contributed by atoms with Crippen molar-refractivity contribution in [1.82, 2.24) is 20.8 Å². The van der Waals surface area contributed by atoms with Crippen molar-refractivity contribution in [2.45, 2.75) is 25.1 Å². The van der Waals surface area contributed by atoms with Gasteiger partial charge >= 0.3 is 0 Å². The molecule has 1 amide bonds. The minimum absolute atomic E-state index is 0. The van der Waals surface area contributed by atoms with E-state index in [4.69, 9.17) is 0 Å². The van der Waals surface area contributed by atoms with Crippen LogP contribution in [0, 0.1) is 0 Å². The number of nitrogens with zero attached hydrogens (tertiary/aromatic N) is 1. The molecule has 8 heteroatoms. The molecule has 2 aromatic carbocycles. The number of amides is 1. The summed E-state index contributed by atoms with van der Waals surface area (Å²) in [6.07, 6.45) is 1.80. The third-order valence-electron chi connectivity index (χ3n) is 4.75. The Morgan fingerprint density at radius 2 is 2.00 bits per heavy atom. The van der Waals surface area contributed by atoms with Gasteiger partial charge in [-0.3, -0.25) is 9.89 Å². The Bertz CT molecular complexity index is 915. The average molecular weight is 409 g/mol. The zero-order chi connectivity index (χ0) is 17.2. The van der Waals surface area contributed by atoms with Gasteiger partial charge in [0.05, 0.1) is 17.8 Å². The molecule has 6 nitrogen and oxygen atoms in total. The number of aliphatic hydroxyl groups excluding tert-OH is 1. The first kappa shape index (κ1) is 21.2. The molecule has 3 aromatic rings. The Kier molecular flexibility index (Phi) is 7.21. The van der Waals surface area contributed by atoms with Gasteiger partial charge in [-0.2, -0.15) is 5.10 Å². The van der Waals surface area contributed by atoms with Crippen LogP contribution in [-0.2, 0) is 13.0 Å². The van der Waals surface area contributed by atoms with Crippen LogP contribution in [0.5, 0.6) is 0 Å². The van der Waals surface area contributed by atoms with Crippen molar-refractivity contribution < 1.29 is 9.90 Å². The summed E-state index contributed by atoms with van der Waals surface area (Å²) in [4.78, 5) is 12.3. The lowest BCUT2D eigenvalue weighted by Crippen LogP contribution is -2.49. The SMILES string of the molecule is Cl.Cl.O=C(NCC(O)C1Cc2ccccc2CN1)c1ccc2[nH]ncc2c1. The molecule has 2 heterocycles. The number of aliphatic hydroxyl groups is 1. The number of halogens is 2. The van der Waals surface area contributed by atoms with E-state index in [2.05, 4.69) is 33.0 Å². The van der Waals surface area contributed by atoms with Crippen LogP contribution in [0.1, 0.15) is 21.5 Å². The molecule has 2 unspecified atom stereocenters. The van der Waals surface area contributed by atoms with Gasteiger partial charge in [-0.15, -0.1) is 24.8 Å². The van der Waals surface area contributed by atoms with Crippen molar-refractivity contribution in [1.29, 1.82) is 0 Å². The Hall–Kier alpha value is -2.12. The first-order chi connectivity index (χ1) is 12.2. The predicted molar refractivity (Wildman–Crippen MR) is 110 cm³/mol. The topological polar surface area (TPSA) is 90.0 Å². The number of H-pyrrole nitrogens is 1. The number of hydrogen-bond donors (Lipinski definition) is 4. The highest BCUT2D eigenvalue weighted by atomic mass is 35.5. The first-order valence-corrected chi connectivity index (χ1v) is 8.40. The third-order valence-corrected chi connectivity index (χ3v) is 4.75. The molecule has 0 saturated heterocycles. The molecule has 4 rings (SSSR count). The number of aromatic amines is 1. The molecular formula is C19H22Cl2N4O2. The largest absolute Gasteiger partial charge is 0.390 e. The number of carbonyl (C=O) groups excluding carboxylic acids is 1. The van der Waals surface area contributed by atoms with Crippen molar-refractivity contribution in [3.63, 3.8) is 0 Å². The lowest BCUT2D eigenvalue weighted by molar-refractivity contribution is 0.0870. The maximum atomic E-state index is 12.3. The smallest absolute Gasteiger partial charge is 0.251 e. The summed E-state index contributed by atoms with van der Waals surface area (Å²) in [5, 5.41) is 24.3. The molecule has 0 aliphatic carbocycles. The quantitative estimate of drug-likeness (QED) is 0.532. The second-order valence-electron chi connectivity index (χ2n) is 6.41. The molecule has 0 radical (unpaired) electrons. The summed E-state index contributed by atoms with van der Waals surface area (Å²) in [6.45, 7) is 0.949. The minimum Gasteiger partial charge on any atom is -0.390 e. The molecule has 4 N–H and O–H groups in total. The molecule has 1 aromatic heterocycles. The van der Waals surface area contributed by atoms with Gasteiger partial charge in [-0.05, 0) is 35.7 Å². The van der Waals surface area contributed by atoms with Gasteiger partial charge in [0.15, 0.2) is 0 Å². The standard InChI is InChI=1S/C19H20N4O2.2ClH/c24-18(17-8-12-3-1-2-4-14(12)9-20-17)11-21-19(25)13-5-6-16-15(7-13)10-22-23-16;;/h1-7,10,17-18,20,24H,8-9,11H2,(H,21,25)(H,22,23);2*1H. The van der Waals surface area contributed by atoms with Crippen molar-refractivity contribution >= 4 is 41.6 Å². The fraction of sp³-hybridized carbons (Fsp3) is 0.263. The third kappa shape index (κ3) is 4.59. The number of aromatic nitrogens is 2. The first-order valence-electron chi connectivity index (χ1n) is 8.40. The van der Waals surface area contributed by atoms with Crippen LogP contribution in [0.15, 0.2) is 48.7 Å². The summed E-state index contributed by atoms with van der Waals surface area (Å²) in [7, 11) is 0. The zero-order valence-corrected chi connectivity index (χ0v) is 16.1. The summed E-state index contributed by atoms with van der Waals surface area (Å²) < 4.78 is 0. The van der Waals surface area contributed by atoms with E-state index in [1.165, 1.54) is 11.1 Å². The molecule has 0 fully saturated rings. The van der Waals surface area contributed by atoms with E-state index in [9.17, 15) is 9.90 Å². The predicted octanol–water partition coefficient (Wildman–Crippen LogP) is 2.21. The van der Waals surface area contributed by atoms with E-state index in [1.807, 2.05) is 18.2 Å². The van der Waals surface area contributed by atoms with Crippen LogP contribution < -0.4 is 10.6 Å². The average Bonchev–Trinajstić information content (AvgIpc) is 3.13. The van der Waals surface area contributed by atoms with Crippen LogP contribution in [0.3, 0.4) is 0 Å². The van der Waals surface area contributed by atoms with Crippen molar-refractivity contribution in [3.05, 3.63) is 65.4 Å². The van der Waals surface area contributed by atoms with Gasteiger partial charge in [0.2, 0.25) is 0 Å². The van der Waals surface area contributed by atoms with E-state index >= 15 is 0 Å². The molecule has 0 saturated carbocycles. The molecule has 1 aliphatic heterocycles. The normalized spacial score (nSPS) is 16.6. The Morgan fingerprint density at radius 1 is 1.22 bits per heavy atom. The number of nitrogens with one attached hydrogen (secondary N) is 3. The lowest BCUT2D eigenvalue weighted by atomic mass is 9.93. The monoisotopic (exact) mass is 408 g/mol. The maximum absolute atomic E-state index is 12.3. The second kappa shape index (κ2) is 9.19. The van der Waals surface area contributed by atoms with Crippen LogP contribution in [0.25, 0.3) is 10.9 Å². The summed E-state index contributed by atoms with van der Waals surface area (Å²) in [5.41, 5.74) is 3.97. The fourth-order valence-electron chi connectivity index (χ4n) is 3.28. The van der Waals surface area contributed by atoms with Crippen molar-refractivity contribution in [2.75, 3.05) is 6.54 Å². The van der Waals surface area contributed by atoms with E-state index in [0.717, 1.165) is 23.9 Å². The van der Waals surface area contributed by atoms with Gasteiger partial charge in [-0.25, -0.2) is 0 Å². The number of rotatable bonds is 4. The number of benzene rings is 2. The van der Waals surface area contributed by atoms with E-state index in [1.54, 1.807) is 18.3 Å². The zero-order valence-electron chi connectivity index (χ0n) is 14.5. The molecular weight excluding hydrogens is 387 g/mol. The summed E-state index contributed by atoms with van der Waals surface area (Å²) in [5.74, 6) is -0.196. The molecule has 2 atom stereocenters. The minimum atomic E-state index is -0.644. The number of carbonyl (C=O) groups is 1. The highest BCUT2D eigenvalue weighted by Gasteiger charge is 2.24. The van der Waals surface area contributed by atoms with Crippen molar-refractivity contribution in [2.24, 2.45) is 0 Å². The summed E-state index contributed by atoms with van der Waals surface area (Å²) in [6, 6.07) is 13.5. The Morgan fingerprint density at radius 3 is 2.81 bits per heavy atom. The molecule has 1 aliphatic rings. The van der Waals surface area contributed by atoms with Crippen LogP contribution in [0.4, 0.5) is 0 Å². The van der Waals surface area contributed by atoms with Gasteiger partial charge in [0.25, 0.3) is 5.91 Å². The number of fused-ring (bicyclic) bond motifs is 2. The van der Waals surface area contributed by atoms with E-state index in [0.29, 0.717) is 5.56 Å². The van der Waals surface area contributed by atoms with Crippen molar-refractivity contribution in [3.8, 4) is 0 Å². The molecule has 27 heavy (non-hydrogen) atoms. The molecule has 144 valence electrons.